The third-order valence-corrected chi connectivity index (χ3v) is 4.50. The molecule has 4 nitrogen and oxygen atoms in total. The first-order chi connectivity index (χ1) is 11.2. The number of nitrogens with one attached hydrogen (secondary N) is 1. The Labute approximate surface area is 139 Å². The van der Waals surface area contributed by atoms with Gasteiger partial charge in [0.05, 0.1) is 12.3 Å². The minimum absolute atomic E-state index is 0.140. The number of carbonyl (C=O) groups excluding carboxylic acids is 1. The van der Waals surface area contributed by atoms with Crippen molar-refractivity contribution in [1.29, 1.82) is 0 Å². The van der Waals surface area contributed by atoms with Crippen LogP contribution >= 0.6 is 0 Å². The van der Waals surface area contributed by atoms with E-state index in [1.807, 2.05) is 13.0 Å². The van der Waals surface area contributed by atoms with Gasteiger partial charge in [-0.3, -0.25) is 4.79 Å². The predicted octanol–water partition coefficient (Wildman–Crippen LogP) is 3.89. The molecule has 0 spiro atoms. The van der Waals surface area contributed by atoms with Crippen LogP contribution < -0.4 is 15.8 Å². The molecule has 4 heteroatoms. The minimum atomic E-state index is 0.140. The predicted molar refractivity (Wildman–Crippen MR) is 94.8 cm³/mol. The third kappa shape index (κ3) is 5.54. The first kappa shape index (κ1) is 17.8. The summed E-state index contributed by atoms with van der Waals surface area (Å²) in [6.07, 6.45) is 8.70. The van der Waals surface area contributed by atoms with Gasteiger partial charge in [0.1, 0.15) is 5.75 Å². The van der Waals surface area contributed by atoms with E-state index in [0.29, 0.717) is 6.61 Å². The molecule has 1 saturated carbocycles. The summed E-state index contributed by atoms with van der Waals surface area (Å²) in [7, 11) is 0. The van der Waals surface area contributed by atoms with Gasteiger partial charge in [-0.25, -0.2) is 0 Å². The van der Waals surface area contributed by atoms with Gasteiger partial charge in [0, 0.05) is 5.92 Å². The highest BCUT2D eigenvalue weighted by molar-refractivity contribution is 5.94. The molecule has 0 radical (unpaired) electrons. The van der Waals surface area contributed by atoms with Crippen LogP contribution in [0.15, 0.2) is 18.2 Å². The highest BCUT2D eigenvalue weighted by Gasteiger charge is 2.22. The maximum Gasteiger partial charge on any atom is 0.227 e. The van der Waals surface area contributed by atoms with Gasteiger partial charge in [-0.1, -0.05) is 25.3 Å². The number of hydrogen-bond acceptors (Lipinski definition) is 3. The van der Waals surface area contributed by atoms with Crippen molar-refractivity contribution in [2.45, 2.75) is 58.3 Å². The number of nitrogens with two attached hydrogens (primary N) is 1. The normalized spacial score (nSPS) is 15.4. The molecule has 3 N–H and O–H groups in total. The molecule has 1 aromatic carbocycles. The Balaban J connectivity index is 2.02. The second-order valence-electron chi connectivity index (χ2n) is 6.33. The van der Waals surface area contributed by atoms with E-state index in [9.17, 15) is 4.79 Å². The Morgan fingerprint density at radius 2 is 2.04 bits per heavy atom. The topological polar surface area (TPSA) is 64.3 Å². The number of hydrogen-bond donors (Lipinski definition) is 2. The van der Waals surface area contributed by atoms with Crippen LogP contribution in [0.4, 0.5) is 5.69 Å². The smallest absolute Gasteiger partial charge is 0.227 e. The molecule has 0 aliphatic heterocycles. The second kappa shape index (κ2) is 9.56. The molecule has 1 aliphatic carbocycles. The van der Waals surface area contributed by atoms with E-state index in [0.717, 1.165) is 62.9 Å². The first-order valence-electron chi connectivity index (χ1n) is 9.01. The molecule has 1 aliphatic rings. The summed E-state index contributed by atoms with van der Waals surface area (Å²) >= 11 is 0. The van der Waals surface area contributed by atoms with Crippen molar-refractivity contribution in [3.05, 3.63) is 23.8 Å². The number of ether oxygens (including phenoxy) is 1. The lowest BCUT2D eigenvalue weighted by molar-refractivity contribution is -0.120. The van der Waals surface area contributed by atoms with Gasteiger partial charge in [0.2, 0.25) is 5.91 Å². The van der Waals surface area contributed by atoms with Gasteiger partial charge < -0.3 is 15.8 Å². The lowest BCUT2D eigenvalue weighted by Gasteiger charge is -2.21. The SMILES string of the molecule is CCOc1cc(CCCCN)ccc1NC(=O)C1CCCCC1. The van der Waals surface area contributed by atoms with Gasteiger partial charge in [-0.2, -0.15) is 0 Å². The molecule has 0 aromatic heterocycles. The summed E-state index contributed by atoms with van der Waals surface area (Å²) in [4.78, 5) is 12.4. The van der Waals surface area contributed by atoms with Crippen LogP contribution in [0, 0.1) is 5.92 Å². The standard InChI is InChI=1S/C19H30N2O2/c1-2-23-18-14-15(8-6-7-13-20)11-12-17(18)21-19(22)16-9-4-3-5-10-16/h11-12,14,16H,2-10,13,20H2,1H3,(H,21,22). The van der Waals surface area contributed by atoms with Crippen molar-refractivity contribution in [2.75, 3.05) is 18.5 Å². The summed E-state index contributed by atoms with van der Waals surface area (Å²) < 4.78 is 5.73. The van der Waals surface area contributed by atoms with E-state index in [1.54, 1.807) is 0 Å². The average Bonchev–Trinajstić information content (AvgIpc) is 2.58. The fraction of sp³-hybridized carbons (Fsp3) is 0.632. The molecule has 1 amide bonds. The third-order valence-electron chi connectivity index (χ3n) is 4.50. The van der Waals surface area contributed by atoms with Crippen molar-refractivity contribution >= 4 is 11.6 Å². The lowest BCUT2D eigenvalue weighted by atomic mass is 9.88. The van der Waals surface area contributed by atoms with Crippen LogP contribution in [-0.4, -0.2) is 19.1 Å². The number of benzene rings is 1. The van der Waals surface area contributed by atoms with E-state index < -0.39 is 0 Å². The first-order valence-corrected chi connectivity index (χ1v) is 9.01. The van der Waals surface area contributed by atoms with Crippen LogP contribution in [0.2, 0.25) is 0 Å². The van der Waals surface area contributed by atoms with Crippen LogP contribution in [0.1, 0.15) is 57.4 Å². The fourth-order valence-corrected chi connectivity index (χ4v) is 3.17. The Morgan fingerprint density at radius 3 is 2.74 bits per heavy atom. The minimum Gasteiger partial charge on any atom is -0.492 e. The number of aryl methyl sites for hydroxylation is 1. The number of carbonyl (C=O) groups is 1. The van der Waals surface area contributed by atoms with Crippen molar-refractivity contribution in [3.63, 3.8) is 0 Å². The molecule has 0 bridgehead atoms. The van der Waals surface area contributed by atoms with E-state index in [-0.39, 0.29) is 11.8 Å². The van der Waals surface area contributed by atoms with Crippen LogP contribution in [0.3, 0.4) is 0 Å². The van der Waals surface area contributed by atoms with Crippen LogP contribution in [-0.2, 0) is 11.2 Å². The highest BCUT2D eigenvalue weighted by Crippen LogP contribution is 2.30. The molecular formula is C19H30N2O2. The van der Waals surface area contributed by atoms with E-state index in [4.69, 9.17) is 10.5 Å². The molecular weight excluding hydrogens is 288 g/mol. The molecule has 23 heavy (non-hydrogen) atoms. The average molecular weight is 318 g/mol. The molecule has 0 unspecified atom stereocenters. The molecule has 0 heterocycles. The molecule has 1 aromatic rings. The van der Waals surface area contributed by atoms with E-state index >= 15 is 0 Å². The van der Waals surface area contributed by atoms with Gasteiger partial charge in [-0.05, 0) is 63.3 Å². The zero-order chi connectivity index (χ0) is 16.5. The summed E-state index contributed by atoms with van der Waals surface area (Å²) in [5, 5.41) is 3.08. The van der Waals surface area contributed by atoms with E-state index in [1.165, 1.54) is 12.0 Å². The van der Waals surface area contributed by atoms with Gasteiger partial charge in [0.25, 0.3) is 0 Å². The molecule has 0 atom stereocenters. The zero-order valence-electron chi connectivity index (χ0n) is 14.3. The Hall–Kier alpha value is -1.55. The lowest BCUT2D eigenvalue weighted by Crippen LogP contribution is -2.25. The van der Waals surface area contributed by atoms with Gasteiger partial charge in [-0.15, -0.1) is 0 Å². The number of unbranched alkanes of at least 4 members (excludes halogenated alkanes) is 1. The number of anilines is 1. The van der Waals surface area contributed by atoms with Crippen LogP contribution in [0.5, 0.6) is 5.75 Å². The van der Waals surface area contributed by atoms with Crippen LogP contribution in [0.25, 0.3) is 0 Å². The maximum atomic E-state index is 12.4. The Bertz CT molecular complexity index is 496. The molecule has 2 rings (SSSR count). The number of rotatable bonds is 8. The summed E-state index contributed by atoms with van der Waals surface area (Å²) in [6.45, 7) is 3.29. The van der Waals surface area contributed by atoms with Gasteiger partial charge in [0.15, 0.2) is 0 Å². The van der Waals surface area contributed by atoms with Crippen molar-refractivity contribution in [3.8, 4) is 5.75 Å². The molecule has 1 fully saturated rings. The zero-order valence-corrected chi connectivity index (χ0v) is 14.3. The Kier molecular flexibility index (Phi) is 7.40. The highest BCUT2D eigenvalue weighted by atomic mass is 16.5. The molecule has 128 valence electrons. The van der Waals surface area contributed by atoms with Crippen molar-refractivity contribution < 1.29 is 9.53 Å². The monoisotopic (exact) mass is 318 g/mol. The van der Waals surface area contributed by atoms with E-state index in [2.05, 4.69) is 17.4 Å². The van der Waals surface area contributed by atoms with Crippen molar-refractivity contribution in [2.24, 2.45) is 11.7 Å². The maximum absolute atomic E-state index is 12.4. The summed E-state index contributed by atoms with van der Waals surface area (Å²) in [5.74, 6) is 1.07. The summed E-state index contributed by atoms with van der Waals surface area (Å²) in [5.41, 5.74) is 7.58. The Morgan fingerprint density at radius 1 is 1.26 bits per heavy atom. The second-order valence-corrected chi connectivity index (χ2v) is 6.33. The fourth-order valence-electron chi connectivity index (χ4n) is 3.17. The molecule has 0 saturated heterocycles. The largest absolute Gasteiger partial charge is 0.492 e. The quantitative estimate of drug-likeness (QED) is 0.715. The number of amides is 1. The van der Waals surface area contributed by atoms with Crippen molar-refractivity contribution in [1.82, 2.24) is 0 Å². The van der Waals surface area contributed by atoms with Gasteiger partial charge >= 0.3 is 0 Å². The summed E-state index contributed by atoms with van der Waals surface area (Å²) in [6, 6.07) is 6.11.